The molecule has 2 heterocycles. The molecule has 1 atom stereocenters. The Morgan fingerprint density at radius 3 is 2.57 bits per heavy atom. The maximum atomic E-state index is 13.1. The van der Waals surface area contributed by atoms with Crippen LogP contribution in [0.4, 0.5) is 5.69 Å². The third-order valence-corrected chi connectivity index (χ3v) is 7.73. The standard InChI is InChI=1S/C18H22N2O6S2/c1-3-27(21,22)12-11-25-15-6-8-16(9-7-15)28(23,24)20-13-14(2)26-18-17(20)5-4-10-19-18/h4-10,14H,3,11-13H2,1-2H3. The van der Waals surface area contributed by atoms with Gasteiger partial charge in [-0.15, -0.1) is 0 Å². The molecule has 0 bridgehead atoms. The van der Waals surface area contributed by atoms with Gasteiger partial charge in [0.1, 0.15) is 24.1 Å². The Labute approximate surface area is 165 Å². The summed E-state index contributed by atoms with van der Waals surface area (Å²) < 4.78 is 61.5. The van der Waals surface area contributed by atoms with E-state index in [2.05, 4.69) is 4.98 Å². The van der Waals surface area contributed by atoms with Crippen molar-refractivity contribution in [2.45, 2.75) is 24.8 Å². The van der Waals surface area contributed by atoms with E-state index in [1.165, 1.54) is 28.6 Å². The summed E-state index contributed by atoms with van der Waals surface area (Å²) in [7, 11) is -6.93. The molecule has 1 unspecified atom stereocenters. The molecule has 1 aliphatic heterocycles. The van der Waals surface area contributed by atoms with Gasteiger partial charge < -0.3 is 9.47 Å². The van der Waals surface area contributed by atoms with Crippen LogP contribution in [0.2, 0.25) is 0 Å². The van der Waals surface area contributed by atoms with Crippen molar-refractivity contribution >= 4 is 25.5 Å². The Hall–Kier alpha value is -2.33. The van der Waals surface area contributed by atoms with Gasteiger partial charge in [0.05, 0.1) is 17.2 Å². The summed E-state index contributed by atoms with van der Waals surface area (Å²) in [6.45, 7) is 3.55. The fourth-order valence-corrected chi connectivity index (χ4v) is 4.88. The first-order valence-electron chi connectivity index (χ1n) is 8.80. The summed E-state index contributed by atoms with van der Waals surface area (Å²) in [5.41, 5.74) is 0.394. The largest absolute Gasteiger partial charge is 0.493 e. The van der Waals surface area contributed by atoms with E-state index in [4.69, 9.17) is 9.47 Å². The van der Waals surface area contributed by atoms with Gasteiger partial charge in [-0.2, -0.15) is 0 Å². The van der Waals surface area contributed by atoms with Gasteiger partial charge in [-0.25, -0.2) is 21.8 Å². The molecule has 8 nitrogen and oxygen atoms in total. The van der Waals surface area contributed by atoms with Crippen molar-refractivity contribution < 1.29 is 26.3 Å². The smallest absolute Gasteiger partial charge is 0.264 e. The lowest BCUT2D eigenvalue weighted by Gasteiger charge is -2.33. The van der Waals surface area contributed by atoms with E-state index >= 15 is 0 Å². The summed E-state index contributed by atoms with van der Waals surface area (Å²) in [6.07, 6.45) is 1.22. The van der Waals surface area contributed by atoms with Crippen LogP contribution in [0.1, 0.15) is 13.8 Å². The first kappa shape index (κ1) is 20.4. The maximum absolute atomic E-state index is 13.1. The van der Waals surface area contributed by atoms with Crippen LogP contribution in [0.5, 0.6) is 11.6 Å². The summed E-state index contributed by atoms with van der Waals surface area (Å²) >= 11 is 0. The van der Waals surface area contributed by atoms with Gasteiger partial charge >= 0.3 is 0 Å². The third kappa shape index (κ3) is 4.39. The highest BCUT2D eigenvalue weighted by atomic mass is 32.2. The van der Waals surface area contributed by atoms with Gasteiger partial charge in [0.25, 0.3) is 10.0 Å². The van der Waals surface area contributed by atoms with E-state index < -0.39 is 19.9 Å². The fourth-order valence-electron chi connectivity index (χ4n) is 2.72. The zero-order chi connectivity index (χ0) is 20.4. The monoisotopic (exact) mass is 426 g/mol. The number of hydrogen-bond acceptors (Lipinski definition) is 7. The fraction of sp³-hybridized carbons (Fsp3) is 0.389. The quantitative estimate of drug-likeness (QED) is 0.666. The Kier molecular flexibility index (Phi) is 5.80. The van der Waals surface area contributed by atoms with Gasteiger partial charge in [0, 0.05) is 11.9 Å². The van der Waals surface area contributed by atoms with Crippen molar-refractivity contribution in [2.24, 2.45) is 0 Å². The Morgan fingerprint density at radius 2 is 1.89 bits per heavy atom. The Morgan fingerprint density at radius 1 is 1.18 bits per heavy atom. The molecule has 0 fully saturated rings. The summed E-state index contributed by atoms with van der Waals surface area (Å²) in [5, 5.41) is 0. The van der Waals surface area contributed by atoms with E-state index in [-0.39, 0.29) is 41.5 Å². The van der Waals surface area contributed by atoms with Crippen molar-refractivity contribution in [3.05, 3.63) is 42.6 Å². The van der Waals surface area contributed by atoms with E-state index in [1.807, 2.05) is 0 Å². The number of nitrogens with zero attached hydrogens (tertiary/aromatic N) is 2. The van der Waals surface area contributed by atoms with Gasteiger partial charge in [-0.3, -0.25) is 4.31 Å². The number of sulfone groups is 1. The normalized spacial score (nSPS) is 16.9. The molecule has 0 radical (unpaired) electrons. The molecule has 0 saturated carbocycles. The molecule has 1 aliphatic rings. The lowest BCUT2D eigenvalue weighted by molar-refractivity contribution is 0.210. The lowest BCUT2D eigenvalue weighted by Crippen LogP contribution is -2.42. The Bertz CT molecular complexity index is 1040. The second kappa shape index (κ2) is 7.96. The summed E-state index contributed by atoms with van der Waals surface area (Å²) in [6, 6.07) is 9.21. The molecule has 2 aromatic rings. The number of sulfonamides is 1. The second-order valence-electron chi connectivity index (χ2n) is 6.35. The van der Waals surface area contributed by atoms with E-state index in [1.54, 1.807) is 32.2 Å². The molecule has 3 rings (SSSR count). The minimum absolute atomic E-state index is 0.0162. The number of benzene rings is 1. The number of fused-ring (bicyclic) bond motifs is 1. The number of pyridine rings is 1. The van der Waals surface area contributed by atoms with E-state index in [0.29, 0.717) is 11.4 Å². The molecular weight excluding hydrogens is 404 g/mol. The van der Waals surface area contributed by atoms with Crippen molar-refractivity contribution in [2.75, 3.05) is 29.0 Å². The van der Waals surface area contributed by atoms with Crippen molar-refractivity contribution in [3.8, 4) is 11.6 Å². The zero-order valence-corrected chi connectivity index (χ0v) is 17.2. The highest BCUT2D eigenvalue weighted by Gasteiger charge is 2.33. The molecule has 1 aromatic heterocycles. The van der Waals surface area contributed by atoms with Crippen LogP contribution < -0.4 is 13.8 Å². The number of aromatic nitrogens is 1. The average molecular weight is 427 g/mol. The summed E-state index contributed by atoms with van der Waals surface area (Å²) in [5.74, 6) is 0.658. The van der Waals surface area contributed by atoms with Crippen LogP contribution in [0, 0.1) is 0 Å². The van der Waals surface area contributed by atoms with E-state index in [0.717, 1.165) is 0 Å². The molecule has 10 heteroatoms. The van der Waals surface area contributed by atoms with Gasteiger partial charge in [0.2, 0.25) is 5.88 Å². The van der Waals surface area contributed by atoms with Gasteiger partial charge in [0.15, 0.2) is 9.84 Å². The van der Waals surface area contributed by atoms with Gasteiger partial charge in [-0.05, 0) is 43.3 Å². The summed E-state index contributed by atoms with van der Waals surface area (Å²) in [4.78, 5) is 4.21. The van der Waals surface area contributed by atoms with Crippen LogP contribution in [0.3, 0.4) is 0 Å². The molecular formula is C18H22N2O6S2. The van der Waals surface area contributed by atoms with Crippen LogP contribution in [0.25, 0.3) is 0 Å². The molecule has 1 aromatic carbocycles. The highest BCUT2D eigenvalue weighted by Crippen LogP contribution is 2.35. The predicted molar refractivity (Wildman–Crippen MR) is 105 cm³/mol. The molecule has 0 N–H and O–H groups in total. The first-order valence-corrected chi connectivity index (χ1v) is 12.1. The molecule has 0 amide bonds. The minimum atomic E-state index is -3.81. The molecule has 28 heavy (non-hydrogen) atoms. The first-order chi connectivity index (χ1) is 13.2. The highest BCUT2D eigenvalue weighted by molar-refractivity contribution is 7.92. The Balaban J connectivity index is 1.78. The third-order valence-electron chi connectivity index (χ3n) is 4.27. The van der Waals surface area contributed by atoms with Crippen LogP contribution >= 0.6 is 0 Å². The number of rotatable bonds is 7. The number of hydrogen-bond donors (Lipinski definition) is 0. The average Bonchev–Trinajstić information content (AvgIpc) is 2.67. The lowest BCUT2D eigenvalue weighted by atomic mass is 10.3. The minimum Gasteiger partial charge on any atom is -0.493 e. The predicted octanol–water partition coefficient (Wildman–Crippen LogP) is 1.87. The van der Waals surface area contributed by atoms with Crippen LogP contribution in [-0.4, -0.2) is 52.6 Å². The molecule has 0 spiro atoms. The van der Waals surface area contributed by atoms with Crippen LogP contribution in [-0.2, 0) is 19.9 Å². The van der Waals surface area contributed by atoms with Crippen molar-refractivity contribution in [1.82, 2.24) is 4.98 Å². The van der Waals surface area contributed by atoms with Crippen LogP contribution in [0.15, 0.2) is 47.5 Å². The molecule has 152 valence electrons. The number of ether oxygens (including phenoxy) is 2. The van der Waals surface area contributed by atoms with Gasteiger partial charge in [-0.1, -0.05) is 6.92 Å². The number of anilines is 1. The van der Waals surface area contributed by atoms with E-state index in [9.17, 15) is 16.8 Å². The topological polar surface area (TPSA) is 103 Å². The maximum Gasteiger partial charge on any atom is 0.264 e. The second-order valence-corrected chi connectivity index (χ2v) is 10.7. The van der Waals surface area contributed by atoms with Crippen molar-refractivity contribution in [3.63, 3.8) is 0 Å². The van der Waals surface area contributed by atoms with Crippen molar-refractivity contribution in [1.29, 1.82) is 0 Å². The molecule has 0 aliphatic carbocycles. The SMILES string of the molecule is CCS(=O)(=O)CCOc1ccc(S(=O)(=O)N2CC(C)Oc3ncccc32)cc1. The molecule has 0 saturated heterocycles. The zero-order valence-electron chi connectivity index (χ0n) is 15.6.